The molecule has 5 heteroatoms. The molecule has 70 valence electrons. The summed E-state index contributed by atoms with van der Waals surface area (Å²) >= 11 is 5.64. The highest BCUT2D eigenvalue weighted by molar-refractivity contribution is 6.30. The van der Waals surface area contributed by atoms with E-state index < -0.39 is 6.08 Å². The maximum Gasteiger partial charge on any atom is 0.222 e. The van der Waals surface area contributed by atoms with E-state index in [1.54, 1.807) is 31.5 Å². The van der Waals surface area contributed by atoms with Gasteiger partial charge in [0.05, 0.1) is 5.02 Å². The average Bonchev–Trinajstić information content (AvgIpc) is 2.09. The van der Waals surface area contributed by atoms with E-state index in [1.807, 2.05) is 0 Å². The number of aromatic nitrogens is 1. The van der Waals surface area contributed by atoms with Crippen LogP contribution < -0.4 is 9.78 Å². The van der Waals surface area contributed by atoms with E-state index in [1.165, 1.54) is 4.68 Å². The van der Waals surface area contributed by atoms with Crippen LogP contribution in [-0.2, 0) is 4.74 Å². The largest absolute Gasteiger partial charge is 0.596 e. The number of ether oxygens (including phenoxy) is 1. The van der Waals surface area contributed by atoms with Gasteiger partial charge in [-0.2, -0.15) is 0 Å². The molecule has 4 nitrogen and oxygen atoms in total. The van der Waals surface area contributed by atoms with Crippen molar-refractivity contribution in [2.75, 3.05) is 6.61 Å². The maximum atomic E-state index is 10.9. The first-order valence-electron chi connectivity index (χ1n) is 3.78. The summed E-state index contributed by atoms with van der Waals surface area (Å²) in [7, 11) is 0. The van der Waals surface area contributed by atoms with Crippen molar-refractivity contribution < 1.29 is 14.5 Å². The zero-order chi connectivity index (χ0) is 9.68. The molecule has 0 radical (unpaired) electrons. The average molecular weight is 201 g/mol. The molecule has 0 saturated heterocycles. The second-order valence-electron chi connectivity index (χ2n) is 2.20. The Labute approximate surface area is 81.0 Å². The van der Waals surface area contributed by atoms with Crippen LogP contribution in [0, 0.1) is 0 Å². The molecule has 0 atom stereocenters. The number of hydrogen-bond acceptors (Lipinski definition) is 3. The monoisotopic (exact) mass is 200 g/mol. The summed E-state index contributed by atoms with van der Waals surface area (Å²) in [6.07, 6.45) is 2.52. The smallest absolute Gasteiger partial charge is 0.222 e. The quantitative estimate of drug-likeness (QED) is 0.388. The van der Waals surface area contributed by atoms with Crippen LogP contribution in [0.4, 0.5) is 0 Å². The summed E-state index contributed by atoms with van der Waals surface area (Å²) in [5.74, 6) is 0. The number of nitrogens with zero attached hydrogens (tertiary/aromatic N) is 2. The van der Waals surface area contributed by atoms with Crippen LogP contribution in [0.3, 0.4) is 0 Å². The van der Waals surface area contributed by atoms with Crippen molar-refractivity contribution in [2.24, 2.45) is 5.10 Å². The molecule has 0 N–H and O–H groups in total. The van der Waals surface area contributed by atoms with Crippen LogP contribution in [0.15, 0.2) is 29.6 Å². The van der Waals surface area contributed by atoms with Gasteiger partial charge in [0.15, 0.2) is 0 Å². The first-order chi connectivity index (χ1) is 6.22. The van der Waals surface area contributed by atoms with E-state index >= 15 is 0 Å². The fourth-order valence-corrected chi connectivity index (χ4v) is 0.826. The minimum absolute atomic E-state index is 0.316. The van der Waals surface area contributed by atoms with Gasteiger partial charge in [0.25, 0.3) is 0 Å². The predicted molar refractivity (Wildman–Crippen MR) is 46.1 cm³/mol. The number of rotatable bonds is 2. The van der Waals surface area contributed by atoms with Gasteiger partial charge < -0.3 is 9.84 Å². The molecule has 0 aliphatic carbocycles. The summed E-state index contributed by atoms with van der Waals surface area (Å²) in [5, 5.41) is 15.0. The second-order valence-corrected chi connectivity index (χ2v) is 2.63. The summed E-state index contributed by atoms with van der Waals surface area (Å²) in [5.41, 5.74) is 0. The minimum atomic E-state index is -0.616. The number of hydrogen-bond donors (Lipinski definition) is 0. The van der Waals surface area contributed by atoms with Crippen molar-refractivity contribution in [2.45, 2.75) is 6.92 Å². The molecular formula is C8H9ClN2O2. The van der Waals surface area contributed by atoms with Gasteiger partial charge in [0, 0.05) is 17.2 Å². The Morgan fingerprint density at radius 1 is 1.62 bits per heavy atom. The van der Waals surface area contributed by atoms with Gasteiger partial charge in [0.1, 0.15) is 0 Å². The van der Waals surface area contributed by atoms with Crippen molar-refractivity contribution in [3.63, 3.8) is 0 Å². The molecule has 1 aromatic heterocycles. The number of halogens is 1. The third-order valence-corrected chi connectivity index (χ3v) is 1.49. The van der Waals surface area contributed by atoms with Crippen LogP contribution in [0.2, 0.25) is 5.02 Å². The van der Waals surface area contributed by atoms with Gasteiger partial charge in [-0.1, -0.05) is 23.2 Å². The fourth-order valence-electron chi connectivity index (χ4n) is 0.714. The van der Waals surface area contributed by atoms with E-state index in [9.17, 15) is 5.11 Å². The fraction of sp³-hybridized carbons (Fsp3) is 0.250. The summed E-state index contributed by atoms with van der Waals surface area (Å²) < 4.78 is 5.95. The van der Waals surface area contributed by atoms with Crippen molar-refractivity contribution in [1.82, 2.24) is 0 Å². The molecule has 0 bridgehead atoms. The van der Waals surface area contributed by atoms with Gasteiger partial charge in [-0.15, -0.1) is 0 Å². The predicted octanol–water partition coefficient (Wildman–Crippen LogP) is 0.143. The molecule has 1 rings (SSSR count). The molecule has 0 aromatic carbocycles. The molecule has 0 fully saturated rings. The van der Waals surface area contributed by atoms with Crippen molar-refractivity contribution >= 4 is 17.7 Å². The van der Waals surface area contributed by atoms with E-state index in [-0.39, 0.29) is 0 Å². The van der Waals surface area contributed by atoms with Crippen molar-refractivity contribution in [1.29, 1.82) is 0 Å². The highest BCUT2D eigenvalue weighted by atomic mass is 35.5. The Balaban J connectivity index is 2.73. The topological polar surface area (TPSA) is 48.5 Å². The molecule has 0 aliphatic rings. The Morgan fingerprint density at radius 2 is 2.23 bits per heavy atom. The van der Waals surface area contributed by atoms with Crippen LogP contribution in [0.5, 0.6) is 0 Å². The Hall–Kier alpha value is -1.29. The van der Waals surface area contributed by atoms with Gasteiger partial charge in [-0.05, 0) is 6.61 Å². The van der Waals surface area contributed by atoms with Gasteiger partial charge in [-0.25, -0.2) is 0 Å². The van der Waals surface area contributed by atoms with Crippen LogP contribution >= 0.6 is 11.6 Å². The third-order valence-electron chi connectivity index (χ3n) is 1.24. The molecule has 1 aromatic rings. The lowest BCUT2D eigenvalue weighted by Gasteiger charge is -2.05. The minimum Gasteiger partial charge on any atom is -0.596 e. The standard InChI is InChI=1S/C8H9ClN2O2/c1-2-13-8(12)10-11-5-3-7(9)4-6-11/h3-6H,2H2,1H3. The highest BCUT2D eigenvalue weighted by Crippen LogP contribution is 2.01. The van der Waals surface area contributed by atoms with Gasteiger partial charge >= 0.3 is 0 Å². The molecule has 0 saturated carbocycles. The molecule has 0 aliphatic heterocycles. The van der Waals surface area contributed by atoms with Gasteiger partial charge in [-0.3, -0.25) is 0 Å². The van der Waals surface area contributed by atoms with Crippen LogP contribution in [-0.4, -0.2) is 12.7 Å². The molecule has 13 heavy (non-hydrogen) atoms. The third kappa shape index (κ3) is 3.29. The molecule has 0 unspecified atom stereocenters. The van der Waals surface area contributed by atoms with E-state index in [4.69, 9.17) is 11.6 Å². The Morgan fingerprint density at radius 3 is 2.77 bits per heavy atom. The molecular weight excluding hydrogens is 192 g/mol. The van der Waals surface area contributed by atoms with E-state index in [2.05, 4.69) is 9.84 Å². The molecule has 0 spiro atoms. The van der Waals surface area contributed by atoms with E-state index in [0.717, 1.165) is 0 Å². The van der Waals surface area contributed by atoms with Crippen LogP contribution in [0.1, 0.15) is 6.92 Å². The maximum absolute atomic E-state index is 10.9. The SMILES string of the molecule is CCO/C([O-])=N/[n+]1ccc(Cl)cc1. The molecule has 0 amide bonds. The number of pyridine rings is 1. The summed E-state index contributed by atoms with van der Waals surface area (Å²) in [6.45, 7) is 2.04. The zero-order valence-electron chi connectivity index (χ0n) is 7.11. The Bertz CT molecular complexity index is 298. The Kier molecular flexibility index (Phi) is 3.52. The molecule has 1 heterocycles. The zero-order valence-corrected chi connectivity index (χ0v) is 7.86. The summed E-state index contributed by atoms with van der Waals surface area (Å²) in [6, 6.07) is 3.26. The van der Waals surface area contributed by atoms with Crippen molar-refractivity contribution in [3.05, 3.63) is 29.5 Å². The normalized spacial score (nSPS) is 11.4. The lowest BCUT2D eigenvalue weighted by atomic mass is 10.5. The lowest BCUT2D eigenvalue weighted by molar-refractivity contribution is -0.682. The summed E-state index contributed by atoms with van der Waals surface area (Å²) in [4.78, 5) is 0. The first-order valence-corrected chi connectivity index (χ1v) is 4.15. The van der Waals surface area contributed by atoms with Crippen molar-refractivity contribution in [3.8, 4) is 0 Å². The van der Waals surface area contributed by atoms with Crippen LogP contribution in [0.25, 0.3) is 0 Å². The first kappa shape index (κ1) is 9.80. The van der Waals surface area contributed by atoms with Gasteiger partial charge in [0.2, 0.25) is 18.5 Å². The lowest BCUT2D eigenvalue weighted by Crippen LogP contribution is -2.34. The van der Waals surface area contributed by atoms with E-state index in [0.29, 0.717) is 11.6 Å². The second kappa shape index (κ2) is 4.67. The highest BCUT2D eigenvalue weighted by Gasteiger charge is 1.96.